The quantitative estimate of drug-likeness (QED) is 0.439. The maximum absolute atomic E-state index is 12.7. The highest BCUT2D eigenvalue weighted by Gasteiger charge is 2.24. The van der Waals surface area contributed by atoms with Gasteiger partial charge in [-0.1, -0.05) is 12.1 Å². The van der Waals surface area contributed by atoms with E-state index < -0.39 is 0 Å². The minimum atomic E-state index is 0.0124. The molecule has 0 spiro atoms. The van der Waals surface area contributed by atoms with Gasteiger partial charge in [-0.15, -0.1) is 0 Å². The summed E-state index contributed by atoms with van der Waals surface area (Å²) < 4.78 is 6.80. The van der Waals surface area contributed by atoms with Crippen LogP contribution in [0.15, 0.2) is 53.1 Å². The number of likely N-dealkylation sites (tertiary alicyclic amines) is 1. The highest BCUT2D eigenvalue weighted by Crippen LogP contribution is 2.28. The molecule has 2 aliphatic heterocycles. The van der Waals surface area contributed by atoms with Crippen LogP contribution in [-0.2, 0) is 4.79 Å². The number of amides is 1. The largest absolute Gasteiger partial charge is 0.461 e. The van der Waals surface area contributed by atoms with Crippen molar-refractivity contribution in [3.05, 3.63) is 54.5 Å². The summed E-state index contributed by atoms with van der Waals surface area (Å²) in [5.41, 5.74) is 11.6. The Labute approximate surface area is 203 Å². The van der Waals surface area contributed by atoms with Crippen LogP contribution in [0.25, 0.3) is 34.2 Å². The van der Waals surface area contributed by atoms with E-state index in [1.165, 1.54) is 17.4 Å². The van der Waals surface area contributed by atoms with E-state index in [9.17, 15) is 4.79 Å². The second kappa shape index (κ2) is 9.03. The molecule has 0 saturated carbocycles. The second-order valence-corrected chi connectivity index (χ2v) is 9.05. The number of anilines is 1. The van der Waals surface area contributed by atoms with E-state index in [2.05, 4.69) is 37.0 Å². The Balaban J connectivity index is 1.18. The zero-order valence-corrected chi connectivity index (χ0v) is 19.4. The van der Waals surface area contributed by atoms with Crippen molar-refractivity contribution in [1.29, 1.82) is 0 Å². The van der Waals surface area contributed by atoms with Crippen LogP contribution in [0.5, 0.6) is 0 Å². The van der Waals surface area contributed by atoms with E-state index in [0.29, 0.717) is 29.5 Å². The number of nitrogens with one attached hydrogen (secondary N) is 1. The molecule has 1 aromatic carbocycles. The number of fused-ring (bicyclic) bond motifs is 1. The fourth-order valence-corrected chi connectivity index (χ4v) is 4.86. The Morgan fingerprint density at radius 3 is 2.57 bits per heavy atom. The highest BCUT2D eigenvalue weighted by atomic mass is 16.3. The third kappa shape index (κ3) is 4.32. The van der Waals surface area contributed by atoms with Crippen molar-refractivity contribution >= 4 is 23.2 Å². The minimum absolute atomic E-state index is 0.0124. The van der Waals surface area contributed by atoms with Gasteiger partial charge in [0.05, 0.1) is 18.5 Å². The van der Waals surface area contributed by atoms with Crippen molar-refractivity contribution in [3.63, 3.8) is 0 Å². The Morgan fingerprint density at radius 2 is 1.80 bits per heavy atom. The molecule has 2 saturated heterocycles. The van der Waals surface area contributed by atoms with Crippen LogP contribution in [0.4, 0.5) is 11.6 Å². The molecule has 3 aromatic heterocycles. The topological polar surface area (TPSA) is 107 Å². The monoisotopic (exact) mass is 471 g/mol. The molecular formula is C25H27N8O2-. The predicted octanol–water partition coefficient (Wildman–Crippen LogP) is 3.48. The molecule has 0 aliphatic carbocycles. The molecule has 10 heteroatoms. The molecule has 1 N–H and O–H groups in total. The molecular weight excluding hydrogens is 444 g/mol. The standard InChI is InChI=1S/C25H27N8O2/c26-25-27-20(16-22-28-24(29-33(22)25)21-7-4-14-35-21)18-5-3-6-19(15-18)31-10-12-32(13-11-31)23(34)17-30-8-1-2-9-30/h3-7,14-16H,1-2,8-13,17H2,(H-,26,27,28,29)/q-1. The SMILES string of the molecule is [NH-]c1nc(-c2cccc(N3CCN(C(=O)CN4CCCC4)CC3)c2)cc2nc(-c3ccco3)nn12. The first-order valence-corrected chi connectivity index (χ1v) is 12.0. The van der Waals surface area contributed by atoms with E-state index >= 15 is 0 Å². The second-order valence-electron chi connectivity index (χ2n) is 9.05. The molecule has 180 valence electrons. The minimum Gasteiger partial charge on any atom is -0.461 e. The first kappa shape index (κ1) is 21.6. The van der Waals surface area contributed by atoms with Gasteiger partial charge in [-0.25, -0.2) is 4.98 Å². The molecule has 0 atom stereocenters. The van der Waals surface area contributed by atoms with Crippen molar-refractivity contribution in [2.45, 2.75) is 12.8 Å². The summed E-state index contributed by atoms with van der Waals surface area (Å²) in [6.07, 6.45) is 3.97. The van der Waals surface area contributed by atoms with Gasteiger partial charge < -0.3 is 24.9 Å². The summed E-state index contributed by atoms with van der Waals surface area (Å²) in [5.74, 6) is 1.23. The molecule has 35 heavy (non-hydrogen) atoms. The summed E-state index contributed by atoms with van der Waals surface area (Å²) in [7, 11) is 0. The molecule has 1 amide bonds. The van der Waals surface area contributed by atoms with Crippen LogP contribution in [0.1, 0.15) is 12.8 Å². The highest BCUT2D eigenvalue weighted by molar-refractivity contribution is 5.79. The van der Waals surface area contributed by atoms with Gasteiger partial charge in [-0.2, -0.15) is 5.10 Å². The van der Waals surface area contributed by atoms with Crippen molar-refractivity contribution in [2.24, 2.45) is 0 Å². The fourth-order valence-electron chi connectivity index (χ4n) is 4.86. The van der Waals surface area contributed by atoms with E-state index in [0.717, 1.165) is 50.5 Å². The van der Waals surface area contributed by atoms with Crippen LogP contribution >= 0.6 is 0 Å². The number of hydrogen-bond acceptors (Lipinski definition) is 7. The van der Waals surface area contributed by atoms with E-state index in [-0.39, 0.29) is 11.9 Å². The van der Waals surface area contributed by atoms with Gasteiger partial charge in [-0.3, -0.25) is 14.2 Å². The van der Waals surface area contributed by atoms with Crippen LogP contribution in [0, 0.1) is 0 Å². The molecule has 6 rings (SSSR count). The summed E-state index contributed by atoms with van der Waals surface area (Å²) >= 11 is 0. The molecule has 10 nitrogen and oxygen atoms in total. The first-order chi connectivity index (χ1) is 17.1. The molecule has 2 aliphatic rings. The van der Waals surface area contributed by atoms with Crippen molar-refractivity contribution in [2.75, 3.05) is 50.7 Å². The van der Waals surface area contributed by atoms with Crippen molar-refractivity contribution < 1.29 is 9.21 Å². The number of hydrogen-bond donors (Lipinski definition) is 0. The summed E-state index contributed by atoms with van der Waals surface area (Å²) in [6.45, 7) is 5.67. The molecule has 5 heterocycles. The van der Waals surface area contributed by atoms with Crippen LogP contribution in [-0.4, -0.2) is 81.1 Å². The molecule has 0 bridgehead atoms. The Bertz CT molecular complexity index is 1340. The summed E-state index contributed by atoms with van der Waals surface area (Å²) in [4.78, 5) is 28.2. The van der Waals surface area contributed by atoms with Gasteiger partial charge in [0.2, 0.25) is 11.7 Å². The van der Waals surface area contributed by atoms with Gasteiger partial charge in [0.25, 0.3) is 0 Å². The van der Waals surface area contributed by atoms with Gasteiger partial charge in [0.15, 0.2) is 5.76 Å². The number of rotatable bonds is 5. The lowest BCUT2D eigenvalue weighted by molar-refractivity contribution is -0.132. The van der Waals surface area contributed by atoms with Crippen molar-refractivity contribution in [3.8, 4) is 22.8 Å². The molecule has 4 aromatic rings. The number of furan rings is 1. The average Bonchev–Trinajstić information content (AvgIpc) is 3.66. The Hall–Kier alpha value is -3.92. The van der Waals surface area contributed by atoms with Crippen LogP contribution < -0.4 is 4.90 Å². The lowest BCUT2D eigenvalue weighted by Crippen LogP contribution is -2.51. The number of piperazine rings is 1. The average molecular weight is 472 g/mol. The lowest BCUT2D eigenvalue weighted by atomic mass is 10.1. The third-order valence-corrected chi connectivity index (χ3v) is 6.76. The zero-order chi connectivity index (χ0) is 23.8. The number of aromatic nitrogens is 4. The number of nitrogens with zero attached hydrogens (tertiary/aromatic N) is 7. The molecule has 2 fully saturated rings. The Kier molecular flexibility index (Phi) is 5.57. The van der Waals surface area contributed by atoms with E-state index in [4.69, 9.17) is 10.2 Å². The van der Waals surface area contributed by atoms with E-state index in [1.807, 2.05) is 23.1 Å². The predicted molar refractivity (Wildman–Crippen MR) is 132 cm³/mol. The number of carbonyl (C=O) groups is 1. The maximum atomic E-state index is 12.7. The number of carbonyl (C=O) groups excluding carboxylic acids is 1. The third-order valence-electron chi connectivity index (χ3n) is 6.76. The fraction of sp³-hybridized carbons (Fsp3) is 0.360. The van der Waals surface area contributed by atoms with Crippen LogP contribution in [0.3, 0.4) is 0 Å². The molecule has 0 radical (unpaired) electrons. The van der Waals surface area contributed by atoms with Gasteiger partial charge in [-0.05, 0) is 61.8 Å². The summed E-state index contributed by atoms with van der Waals surface area (Å²) in [6, 6.07) is 13.6. The van der Waals surface area contributed by atoms with Gasteiger partial charge in [0, 0.05) is 43.5 Å². The maximum Gasteiger partial charge on any atom is 0.236 e. The van der Waals surface area contributed by atoms with Crippen molar-refractivity contribution in [1.82, 2.24) is 29.4 Å². The lowest BCUT2D eigenvalue weighted by Gasteiger charge is -2.37. The smallest absolute Gasteiger partial charge is 0.236 e. The van der Waals surface area contributed by atoms with E-state index in [1.54, 1.807) is 18.4 Å². The number of benzene rings is 1. The molecule has 0 unspecified atom stereocenters. The van der Waals surface area contributed by atoms with Gasteiger partial charge >= 0.3 is 0 Å². The van der Waals surface area contributed by atoms with Gasteiger partial charge in [0.1, 0.15) is 0 Å². The van der Waals surface area contributed by atoms with Crippen LogP contribution in [0.2, 0.25) is 0 Å². The zero-order valence-electron chi connectivity index (χ0n) is 19.4. The normalized spacial score (nSPS) is 16.9. The first-order valence-electron chi connectivity index (χ1n) is 12.0. The summed E-state index contributed by atoms with van der Waals surface area (Å²) in [5, 5.41) is 4.35. The Morgan fingerprint density at radius 1 is 0.971 bits per heavy atom.